The molecule has 0 unspecified atom stereocenters. The molecule has 0 bridgehead atoms. The molecule has 12 heterocycles. The Morgan fingerprint density at radius 3 is 0.723 bits per heavy atom. The number of hydrogen-bond acceptors (Lipinski definition) is 15. The van der Waals surface area contributed by atoms with Crippen LogP contribution in [0.3, 0.4) is 0 Å². The number of benzene rings is 21. The normalized spacial score (nSPS) is 12.3. The summed E-state index contributed by atoms with van der Waals surface area (Å²) < 4.78 is 63.7. The fraction of sp³-hybridized carbons (Fsp3) is 0. The molecule has 660 valence electrons. The summed E-state index contributed by atoms with van der Waals surface area (Å²) in [5.74, 6) is 0. The molecular formula is C126H69N3O8S4. The zero-order chi connectivity index (χ0) is 91.9. The van der Waals surface area contributed by atoms with E-state index in [0.717, 1.165) is 232 Å². The molecule has 21 aromatic carbocycles. The molecular weight excluding hydrogens is 1810 g/mol. The third kappa shape index (κ3) is 11.7. The lowest BCUT2D eigenvalue weighted by Crippen LogP contribution is -2.10. The summed E-state index contributed by atoms with van der Waals surface area (Å²) in [6, 6.07) is 147. The molecule has 141 heavy (non-hydrogen) atoms. The highest BCUT2D eigenvalue weighted by Crippen LogP contribution is 2.56. The van der Waals surface area contributed by atoms with Gasteiger partial charge in [0.1, 0.15) is 55.8 Å². The maximum absolute atomic E-state index is 7.07. The minimum Gasteiger partial charge on any atom is -0.456 e. The minimum absolute atomic E-state index is 0.807. The van der Waals surface area contributed by atoms with Crippen molar-refractivity contribution in [2.24, 2.45) is 0 Å². The molecule has 12 aromatic heterocycles. The van der Waals surface area contributed by atoms with Gasteiger partial charge in [-0.05, 0) is 158 Å². The van der Waals surface area contributed by atoms with Crippen molar-refractivity contribution in [2.75, 3.05) is 14.7 Å². The number of hydrogen-bond donors (Lipinski definition) is 0. The van der Waals surface area contributed by atoms with Crippen molar-refractivity contribution in [3.05, 3.63) is 419 Å². The van der Waals surface area contributed by atoms with E-state index in [9.17, 15) is 0 Å². The second kappa shape index (κ2) is 30.4. The van der Waals surface area contributed by atoms with Crippen LogP contribution in [0.15, 0.2) is 454 Å². The molecule has 0 aliphatic heterocycles. The highest BCUT2D eigenvalue weighted by atomic mass is 32.1. The zero-order valence-electron chi connectivity index (χ0n) is 74.6. The van der Waals surface area contributed by atoms with E-state index in [1.54, 1.807) is 22.7 Å². The Balaban J connectivity index is 0.0000000972. The molecule has 0 atom stereocenters. The molecule has 0 N–H and O–H groups in total. The van der Waals surface area contributed by atoms with Crippen LogP contribution in [0.2, 0.25) is 0 Å². The van der Waals surface area contributed by atoms with Gasteiger partial charge in [-0.1, -0.05) is 249 Å². The number of furan rings is 8. The number of fused-ring (bicyclic) bond motifs is 39. The van der Waals surface area contributed by atoms with Crippen LogP contribution in [-0.4, -0.2) is 0 Å². The molecule has 0 radical (unpaired) electrons. The standard InChI is InChI=1S/2C42H23NO3S.C42H23NO2S2/c1-4-19-34-24(10-1)26-13-7-16-31(39(26)44-34)43(32-17-8-14-27-25-11-2-5-20-35(25)45-40(27)32)33-18-9-15-28-29-22-23-37-38(42(29)46-41(28)33)30-12-3-6-21-36(30)47-37;1-4-13-34-26(8-1)28-18-16-24(22-36(28)44-34)43(25-17-19-29-27-9-2-5-14-35(27)45-37(29)23-25)33-12-7-11-30-31-20-21-39-40(42(31)46-41(30)33)32-10-3-6-15-38(32)47-39;1-4-19-34-24(10-1)26-13-7-16-31(39(26)44-34)43(33-18-9-15-29-25-11-2-5-20-35(25)47-42(29)33)32-17-8-14-27-28-22-23-37-38(41(28)45-40(27)32)30-12-3-6-21-36(30)46-37/h3*1-23H. The van der Waals surface area contributed by atoms with Crippen molar-refractivity contribution in [1.82, 2.24) is 0 Å². The van der Waals surface area contributed by atoms with Gasteiger partial charge in [-0.15, -0.1) is 45.3 Å². The highest BCUT2D eigenvalue weighted by Gasteiger charge is 2.32. The van der Waals surface area contributed by atoms with Crippen molar-refractivity contribution in [1.29, 1.82) is 0 Å². The number of anilines is 9. The van der Waals surface area contributed by atoms with Crippen LogP contribution in [0.5, 0.6) is 0 Å². The van der Waals surface area contributed by atoms with Gasteiger partial charge in [0.15, 0.2) is 33.5 Å². The van der Waals surface area contributed by atoms with Crippen LogP contribution in [0.25, 0.3) is 256 Å². The lowest BCUT2D eigenvalue weighted by atomic mass is 10.1. The molecule has 0 saturated carbocycles. The number of para-hydroxylation sites is 11. The Morgan fingerprint density at radius 2 is 0.369 bits per heavy atom. The van der Waals surface area contributed by atoms with Crippen molar-refractivity contribution in [3.63, 3.8) is 0 Å². The molecule has 0 amide bonds. The van der Waals surface area contributed by atoms with Crippen LogP contribution < -0.4 is 14.7 Å². The summed E-state index contributed by atoms with van der Waals surface area (Å²) >= 11 is 7.25. The van der Waals surface area contributed by atoms with E-state index in [4.69, 9.17) is 35.3 Å². The molecule has 0 saturated heterocycles. The average Bonchev–Trinajstić information content (AvgIpc) is 1.57. The first-order valence-electron chi connectivity index (χ1n) is 47.0. The van der Waals surface area contributed by atoms with E-state index in [0.29, 0.717) is 0 Å². The van der Waals surface area contributed by atoms with Crippen LogP contribution in [0.1, 0.15) is 0 Å². The van der Waals surface area contributed by atoms with E-state index in [1.165, 1.54) is 75.3 Å². The summed E-state index contributed by atoms with van der Waals surface area (Å²) in [6.45, 7) is 0. The van der Waals surface area contributed by atoms with Gasteiger partial charge in [0, 0.05) is 174 Å². The lowest BCUT2D eigenvalue weighted by molar-refractivity contribution is 0.664. The van der Waals surface area contributed by atoms with Gasteiger partial charge < -0.3 is 45.1 Å². The molecule has 33 aromatic rings. The molecule has 11 nitrogen and oxygen atoms in total. The van der Waals surface area contributed by atoms with Crippen molar-refractivity contribution in [2.45, 2.75) is 0 Å². The molecule has 15 heteroatoms. The topological polar surface area (TPSA) is 115 Å². The first-order chi connectivity index (χ1) is 69.9. The predicted octanol–water partition coefficient (Wildman–Crippen LogP) is 40.1. The highest BCUT2D eigenvalue weighted by molar-refractivity contribution is 7.27. The summed E-state index contributed by atoms with van der Waals surface area (Å²) in [5, 5.41) is 27.2. The minimum atomic E-state index is 0.807. The van der Waals surface area contributed by atoms with Gasteiger partial charge in [-0.25, -0.2) is 0 Å². The van der Waals surface area contributed by atoms with Gasteiger partial charge in [-0.3, -0.25) is 4.90 Å². The Morgan fingerprint density at radius 1 is 0.135 bits per heavy atom. The van der Waals surface area contributed by atoms with Crippen LogP contribution in [0.4, 0.5) is 51.2 Å². The van der Waals surface area contributed by atoms with E-state index in [2.05, 4.69) is 373 Å². The van der Waals surface area contributed by atoms with Gasteiger partial charge >= 0.3 is 0 Å². The van der Waals surface area contributed by atoms with Crippen molar-refractivity contribution < 1.29 is 35.3 Å². The van der Waals surface area contributed by atoms with Gasteiger partial charge in [0.05, 0.1) is 55.9 Å². The Bertz CT molecular complexity index is 10400. The lowest BCUT2D eigenvalue weighted by Gasteiger charge is -2.26. The summed E-state index contributed by atoms with van der Waals surface area (Å²) in [4.78, 5) is 6.87. The van der Waals surface area contributed by atoms with E-state index in [1.807, 2.05) is 83.3 Å². The quantitative estimate of drug-likeness (QED) is 0.138. The van der Waals surface area contributed by atoms with Crippen LogP contribution in [-0.2, 0) is 0 Å². The first kappa shape index (κ1) is 78.5. The van der Waals surface area contributed by atoms with E-state index < -0.39 is 0 Å². The van der Waals surface area contributed by atoms with Crippen LogP contribution in [0, 0.1) is 0 Å². The molecule has 0 aliphatic rings. The maximum atomic E-state index is 7.07. The predicted molar refractivity (Wildman–Crippen MR) is 593 cm³/mol. The fourth-order valence-corrected chi connectivity index (χ4v) is 26.7. The number of thiophene rings is 4. The summed E-state index contributed by atoms with van der Waals surface area (Å²) in [5.41, 5.74) is 22.4. The SMILES string of the molecule is c1ccc2c(c1)oc1c(N(c3cccc4c3oc3c4ccc4sc5ccccc5c43)c3cccc4c3sc3ccccc34)cccc12.c1ccc2c(c1)oc1c(N(c3cccc4c3oc3ccccc34)c3cccc4c3oc3c4ccc4sc5ccccc5c43)cccc12.c1ccc2c(c1)oc1cc(N(c3ccc4c(c3)oc3ccccc34)c3cccc4c3oc3c4ccc4sc5ccccc5c43)ccc12. The van der Waals surface area contributed by atoms with E-state index in [-0.39, 0.29) is 0 Å². The van der Waals surface area contributed by atoms with Crippen molar-refractivity contribution in [3.8, 4) is 0 Å². The second-order valence-corrected chi connectivity index (χ2v) is 40.4. The third-order valence-corrected chi connectivity index (χ3v) is 33.0. The second-order valence-electron chi connectivity index (χ2n) is 36.1. The third-order valence-electron chi connectivity index (χ3n) is 28.4. The van der Waals surface area contributed by atoms with Gasteiger partial charge in [-0.2, -0.15) is 0 Å². The molecule has 0 fully saturated rings. The maximum Gasteiger partial charge on any atom is 0.159 e. The molecule has 0 aliphatic carbocycles. The molecule has 0 spiro atoms. The fourth-order valence-electron chi connectivity index (χ4n) is 22.2. The smallest absolute Gasteiger partial charge is 0.159 e. The van der Waals surface area contributed by atoms with Gasteiger partial charge in [0.25, 0.3) is 0 Å². The van der Waals surface area contributed by atoms with Crippen molar-refractivity contribution >= 4 is 353 Å². The number of nitrogens with zero attached hydrogens (tertiary/aromatic N) is 3. The zero-order valence-corrected chi connectivity index (χ0v) is 77.8. The molecule has 33 rings (SSSR count). The first-order valence-corrected chi connectivity index (χ1v) is 50.3. The number of rotatable bonds is 9. The Hall–Kier alpha value is -17.7. The summed E-state index contributed by atoms with van der Waals surface area (Å²) in [6.07, 6.45) is 0. The van der Waals surface area contributed by atoms with Gasteiger partial charge in [0.2, 0.25) is 0 Å². The Kier molecular flexibility index (Phi) is 16.9. The average molecular weight is 1880 g/mol. The summed E-state index contributed by atoms with van der Waals surface area (Å²) in [7, 11) is 0. The largest absolute Gasteiger partial charge is 0.456 e. The van der Waals surface area contributed by atoms with Crippen LogP contribution >= 0.6 is 45.3 Å². The monoisotopic (exact) mass is 1880 g/mol. The Labute approximate surface area is 814 Å². The van der Waals surface area contributed by atoms with E-state index >= 15 is 0 Å².